The maximum Gasteiger partial charge on any atom is 0.329 e. The lowest BCUT2D eigenvalue weighted by Crippen LogP contribution is -2.35. The second kappa shape index (κ2) is 10.5. The molecule has 2 heterocycles. The number of para-hydroxylation sites is 1. The van der Waals surface area contributed by atoms with E-state index in [1.165, 1.54) is 18.3 Å². The molecule has 1 aromatic heterocycles. The Balaban J connectivity index is 1.64. The third-order valence-electron chi connectivity index (χ3n) is 6.94. The third kappa shape index (κ3) is 5.05. The lowest BCUT2D eigenvalue weighted by atomic mass is 9.88. The molecule has 0 radical (unpaired) electrons. The lowest BCUT2D eigenvalue weighted by Gasteiger charge is -2.19. The van der Waals surface area contributed by atoms with Crippen molar-refractivity contribution in [3.05, 3.63) is 95.2 Å². The SMILES string of the molecule is Cc1c(C(C(=O)NS(=O)(=O)c2ccc(C(C)C)cc2)c2ccc3c(c2)OCO3)c2ccccc2n1C=CC(=O)O. The zero-order valence-corrected chi connectivity index (χ0v) is 22.9. The highest BCUT2D eigenvalue weighted by molar-refractivity contribution is 7.90. The van der Waals surface area contributed by atoms with Gasteiger partial charge in [0.2, 0.25) is 12.7 Å². The summed E-state index contributed by atoms with van der Waals surface area (Å²) in [6.07, 6.45) is 2.41. The van der Waals surface area contributed by atoms with E-state index in [1.807, 2.05) is 19.9 Å². The lowest BCUT2D eigenvalue weighted by molar-refractivity contribution is -0.131. The number of aliphatic carboxylic acids is 1. The van der Waals surface area contributed by atoms with Gasteiger partial charge in [-0.15, -0.1) is 0 Å². The Bertz CT molecular complexity index is 1750. The van der Waals surface area contributed by atoms with E-state index in [0.717, 1.165) is 11.6 Å². The molecule has 0 aliphatic carbocycles. The van der Waals surface area contributed by atoms with Crippen LogP contribution in [0.5, 0.6) is 11.5 Å². The van der Waals surface area contributed by atoms with Crippen molar-refractivity contribution in [2.45, 2.75) is 37.5 Å². The Labute approximate surface area is 231 Å². The van der Waals surface area contributed by atoms with Gasteiger partial charge < -0.3 is 19.1 Å². The summed E-state index contributed by atoms with van der Waals surface area (Å²) in [5.41, 5.74) is 3.24. The molecule has 40 heavy (non-hydrogen) atoms. The van der Waals surface area contributed by atoms with Crippen LogP contribution in [0.15, 0.2) is 77.7 Å². The van der Waals surface area contributed by atoms with E-state index in [2.05, 4.69) is 4.72 Å². The van der Waals surface area contributed by atoms with E-state index in [1.54, 1.807) is 60.0 Å². The first-order valence-corrected chi connectivity index (χ1v) is 14.1. The molecule has 4 aromatic rings. The number of ether oxygens (including phenoxy) is 2. The average molecular weight is 561 g/mol. The molecule has 1 unspecified atom stereocenters. The second-order valence-corrected chi connectivity index (χ2v) is 11.5. The molecule has 0 fully saturated rings. The number of aromatic nitrogens is 1. The smallest absolute Gasteiger partial charge is 0.329 e. The molecule has 1 atom stereocenters. The highest BCUT2D eigenvalue weighted by Gasteiger charge is 2.33. The Hall–Kier alpha value is -4.57. The summed E-state index contributed by atoms with van der Waals surface area (Å²) >= 11 is 0. The van der Waals surface area contributed by atoms with Gasteiger partial charge in [-0.2, -0.15) is 0 Å². The predicted octanol–water partition coefficient (Wildman–Crippen LogP) is 4.99. The van der Waals surface area contributed by atoms with Crippen molar-refractivity contribution in [3.63, 3.8) is 0 Å². The first-order valence-electron chi connectivity index (χ1n) is 12.6. The monoisotopic (exact) mass is 560 g/mol. The molecule has 0 bridgehead atoms. The number of benzene rings is 3. The second-order valence-electron chi connectivity index (χ2n) is 9.78. The number of carboxylic acid groups (broad SMARTS) is 1. The number of nitrogens with one attached hydrogen (secondary N) is 1. The number of fused-ring (bicyclic) bond motifs is 2. The predicted molar refractivity (Wildman–Crippen MR) is 150 cm³/mol. The molecule has 3 aromatic carbocycles. The zero-order chi connectivity index (χ0) is 28.6. The molecular weight excluding hydrogens is 532 g/mol. The Morgan fingerprint density at radius 2 is 1.65 bits per heavy atom. The van der Waals surface area contributed by atoms with E-state index >= 15 is 0 Å². The number of sulfonamides is 1. The van der Waals surface area contributed by atoms with Crippen LogP contribution in [0.25, 0.3) is 17.1 Å². The topological polar surface area (TPSA) is 124 Å². The van der Waals surface area contributed by atoms with Gasteiger partial charge in [-0.25, -0.2) is 17.9 Å². The van der Waals surface area contributed by atoms with E-state index < -0.39 is 27.8 Å². The summed E-state index contributed by atoms with van der Waals surface area (Å²) in [5, 5.41) is 9.91. The van der Waals surface area contributed by atoms with Crippen molar-refractivity contribution in [1.29, 1.82) is 0 Å². The van der Waals surface area contributed by atoms with Gasteiger partial charge in [-0.1, -0.05) is 50.2 Å². The Morgan fingerprint density at radius 1 is 0.975 bits per heavy atom. The molecule has 0 saturated heterocycles. The molecule has 206 valence electrons. The van der Waals surface area contributed by atoms with Crippen molar-refractivity contribution in [3.8, 4) is 11.5 Å². The maximum absolute atomic E-state index is 14.0. The van der Waals surface area contributed by atoms with Crippen LogP contribution >= 0.6 is 0 Å². The van der Waals surface area contributed by atoms with Crippen LogP contribution in [-0.4, -0.2) is 36.8 Å². The summed E-state index contributed by atoms with van der Waals surface area (Å²) in [5.74, 6) is -1.79. The largest absolute Gasteiger partial charge is 0.478 e. The molecule has 0 spiro atoms. The minimum absolute atomic E-state index is 0.0294. The van der Waals surface area contributed by atoms with Crippen molar-refractivity contribution in [2.75, 3.05) is 6.79 Å². The summed E-state index contributed by atoms with van der Waals surface area (Å²) in [6, 6.07) is 18.7. The van der Waals surface area contributed by atoms with Crippen molar-refractivity contribution in [2.24, 2.45) is 0 Å². The van der Waals surface area contributed by atoms with Gasteiger partial charge in [-0.05, 0) is 59.9 Å². The third-order valence-corrected chi connectivity index (χ3v) is 8.31. The normalized spacial score (nSPS) is 13.7. The number of rotatable bonds is 8. The summed E-state index contributed by atoms with van der Waals surface area (Å²) in [7, 11) is -4.21. The minimum Gasteiger partial charge on any atom is -0.478 e. The fourth-order valence-electron chi connectivity index (χ4n) is 4.94. The Morgan fingerprint density at radius 3 is 2.35 bits per heavy atom. The first-order chi connectivity index (χ1) is 19.1. The minimum atomic E-state index is -4.21. The highest BCUT2D eigenvalue weighted by atomic mass is 32.2. The average Bonchev–Trinajstić information content (AvgIpc) is 3.49. The molecule has 1 aliphatic rings. The fourth-order valence-corrected chi connectivity index (χ4v) is 5.93. The van der Waals surface area contributed by atoms with Crippen LogP contribution in [-0.2, 0) is 19.6 Å². The van der Waals surface area contributed by atoms with Crippen LogP contribution in [0.1, 0.15) is 48.1 Å². The van der Waals surface area contributed by atoms with Crippen LogP contribution < -0.4 is 14.2 Å². The maximum atomic E-state index is 14.0. The molecule has 5 rings (SSSR count). The van der Waals surface area contributed by atoms with Gasteiger partial charge in [0.05, 0.1) is 16.3 Å². The standard InChI is InChI=1S/C30H28N2O7S/c1-18(2)20-8-11-22(12-9-20)40(36,37)31-30(35)29(21-10-13-25-26(16-21)39-17-38-25)28-19(3)32(15-14-27(33)34)24-7-5-4-6-23(24)28/h4-16,18,29H,17H2,1-3H3,(H,31,35)(H,33,34). The van der Waals surface area contributed by atoms with E-state index in [9.17, 15) is 23.1 Å². The first kappa shape index (κ1) is 27.0. The highest BCUT2D eigenvalue weighted by Crippen LogP contribution is 2.40. The van der Waals surface area contributed by atoms with Crippen LogP contribution in [0, 0.1) is 6.92 Å². The molecule has 1 aliphatic heterocycles. The van der Waals surface area contributed by atoms with Gasteiger partial charge in [0.1, 0.15) is 0 Å². The van der Waals surface area contributed by atoms with Gasteiger partial charge in [-0.3, -0.25) is 4.79 Å². The van der Waals surface area contributed by atoms with E-state index in [-0.39, 0.29) is 17.6 Å². The van der Waals surface area contributed by atoms with Gasteiger partial charge >= 0.3 is 5.97 Å². The van der Waals surface area contributed by atoms with E-state index in [0.29, 0.717) is 39.2 Å². The molecule has 0 saturated carbocycles. The number of carboxylic acids is 1. The molecule has 10 heteroatoms. The molecule has 1 amide bonds. The van der Waals surface area contributed by atoms with E-state index in [4.69, 9.17) is 9.47 Å². The number of carbonyl (C=O) groups is 2. The van der Waals surface area contributed by atoms with Crippen molar-refractivity contribution in [1.82, 2.24) is 9.29 Å². The molecular formula is C30H28N2O7S. The number of hydrogen-bond acceptors (Lipinski definition) is 6. The summed E-state index contributed by atoms with van der Waals surface area (Å²) < 4.78 is 41.6. The number of hydrogen-bond donors (Lipinski definition) is 2. The van der Waals surface area contributed by atoms with Gasteiger partial charge in [0.25, 0.3) is 10.0 Å². The fraction of sp³-hybridized carbons (Fsp3) is 0.200. The Kier molecular flexibility index (Phi) is 7.12. The van der Waals surface area contributed by atoms with Crippen LogP contribution in [0.2, 0.25) is 0 Å². The van der Waals surface area contributed by atoms with Crippen LogP contribution in [0.4, 0.5) is 0 Å². The van der Waals surface area contributed by atoms with Gasteiger partial charge in [0.15, 0.2) is 11.5 Å². The number of nitrogens with zero attached hydrogens (tertiary/aromatic N) is 1. The van der Waals surface area contributed by atoms with Gasteiger partial charge in [0, 0.05) is 23.4 Å². The summed E-state index contributed by atoms with van der Waals surface area (Å²) in [6.45, 7) is 5.81. The van der Waals surface area contributed by atoms with Crippen LogP contribution in [0.3, 0.4) is 0 Å². The van der Waals surface area contributed by atoms with Crippen molar-refractivity contribution >= 4 is 39.0 Å². The number of carbonyl (C=O) groups excluding carboxylic acids is 1. The van der Waals surface area contributed by atoms with Crippen molar-refractivity contribution < 1.29 is 32.6 Å². The number of amides is 1. The molecule has 2 N–H and O–H groups in total. The quantitative estimate of drug-likeness (QED) is 0.291. The molecule has 9 nitrogen and oxygen atoms in total. The summed E-state index contributed by atoms with van der Waals surface area (Å²) in [4.78, 5) is 25.3. The zero-order valence-electron chi connectivity index (χ0n) is 22.1.